The molecular formula is C22H32N2O2. The van der Waals surface area contributed by atoms with Crippen LogP contribution in [0.2, 0.25) is 0 Å². The van der Waals surface area contributed by atoms with E-state index in [4.69, 9.17) is 4.74 Å². The number of hydrogen-bond donors (Lipinski definition) is 1. The monoisotopic (exact) mass is 356 g/mol. The number of rotatable bonds is 5. The fourth-order valence-electron chi connectivity index (χ4n) is 6.06. The Morgan fingerprint density at radius 3 is 2.42 bits per heavy atom. The minimum atomic E-state index is 0.0342. The zero-order valence-electron chi connectivity index (χ0n) is 16.3. The van der Waals surface area contributed by atoms with Gasteiger partial charge >= 0.3 is 6.03 Å². The fourth-order valence-corrected chi connectivity index (χ4v) is 6.06. The minimum Gasteiger partial charge on any atom is -0.497 e. The Labute approximate surface area is 157 Å². The third-order valence-corrected chi connectivity index (χ3v) is 7.16. The second-order valence-electron chi connectivity index (χ2n) is 8.64. The van der Waals surface area contributed by atoms with Gasteiger partial charge in [0.25, 0.3) is 0 Å². The lowest BCUT2D eigenvalue weighted by molar-refractivity contribution is -0.0114. The summed E-state index contributed by atoms with van der Waals surface area (Å²) in [5, 5.41) is 3.45. The molecule has 0 spiro atoms. The van der Waals surface area contributed by atoms with Crippen molar-refractivity contribution in [2.75, 3.05) is 13.7 Å². The maximum atomic E-state index is 13.1. The zero-order valence-corrected chi connectivity index (χ0v) is 16.3. The summed E-state index contributed by atoms with van der Waals surface area (Å²) >= 11 is 0. The molecule has 0 radical (unpaired) electrons. The van der Waals surface area contributed by atoms with E-state index in [1.165, 1.54) is 32.1 Å². The summed E-state index contributed by atoms with van der Waals surface area (Å²) in [6, 6.07) is 8.57. The Bertz CT molecular complexity index is 631. The molecule has 4 saturated carbocycles. The molecule has 4 fully saturated rings. The number of nitrogens with one attached hydrogen (secondary N) is 1. The number of hydrogen-bond acceptors (Lipinski definition) is 2. The van der Waals surface area contributed by atoms with Crippen LogP contribution in [0.4, 0.5) is 4.79 Å². The van der Waals surface area contributed by atoms with Crippen molar-refractivity contribution >= 4 is 6.03 Å². The number of nitrogens with zero attached hydrogens (tertiary/aromatic N) is 1. The number of ether oxygens (including phenoxy) is 1. The maximum Gasteiger partial charge on any atom is 0.318 e. The van der Waals surface area contributed by atoms with Gasteiger partial charge in [0.05, 0.1) is 13.2 Å². The summed E-state index contributed by atoms with van der Waals surface area (Å²) in [6.07, 6.45) is 6.76. The number of carbonyl (C=O) groups excluding carboxylic acids is 1. The molecule has 1 aromatic carbocycles. The van der Waals surface area contributed by atoms with Gasteiger partial charge in [0.1, 0.15) is 5.75 Å². The molecule has 4 nitrogen and oxygen atoms in total. The van der Waals surface area contributed by atoms with Gasteiger partial charge in [-0.15, -0.1) is 0 Å². The topological polar surface area (TPSA) is 41.6 Å². The third-order valence-electron chi connectivity index (χ3n) is 7.16. The van der Waals surface area contributed by atoms with E-state index in [-0.39, 0.29) is 12.1 Å². The first-order valence-electron chi connectivity index (χ1n) is 10.3. The Kier molecular flexibility index (Phi) is 4.85. The van der Waals surface area contributed by atoms with Crippen molar-refractivity contribution in [2.24, 2.45) is 23.7 Å². The Morgan fingerprint density at radius 1 is 1.19 bits per heavy atom. The van der Waals surface area contributed by atoms with Crippen LogP contribution in [0.3, 0.4) is 0 Å². The van der Waals surface area contributed by atoms with Crippen LogP contribution in [-0.4, -0.2) is 30.6 Å². The number of urea groups is 1. The predicted molar refractivity (Wildman–Crippen MR) is 103 cm³/mol. The van der Waals surface area contributed by atoms with E-state index in [1.807, 2.05) is 23.1 Å². The van der Waals surface area contributed by atoms with Gasteiger partial charge in [-0.3, -0.25) is 0 Å². The van der Waals surface area contributed by atoms with Crippen LogP contribution in [-0.2, 0) is 0 Å². The summed E-state index contributed by atoms with van der Waals surface area (Å²) < 4.78 is 5.35. The van der Waals surface area contributed by atoms with Crippen LogP contribution in [0.5, 0.6) is 5.75 Å². The van der Waals surface area contributed by atoms with Crippen LogP contribution in [0, 0.1) is 23.7 Å². The zero-order chi connectivity index (χ0) is 18.3. The van der Waals surface area contributed by atoms with Crippen molar-refractivity contribution < 1.29 is 9.53 Å². The first kappa shape index (κ1) is 17.7. The summed E-state index contributed by atoms with van der Waals surface area (Å²) in [6.45, 7) is 4.87. The van der Waals surface area contributed by atoms with E-state index in [9.17, 15) is 4.79 Å². The SMILES string of the molecule is CCN(C(=O)NC1C2CC3CC(C2)CC1C3)C(C)c1cccc(OC)c1. The first-order valence-corrected chi connectivity index (χ1v) is 10.3. The molecule has 1 atom stereocenters. The second-order valence-corrected chi connectivity index (χ2v) is 8.64. The van der Waals surface area contributed by atoms with Gasteiger partial charge in [-0.25, -0.2) is 4.79 Å². The predicted octanol–water partition coefficient (Wildman–Crippen LogP) is 4.61. The van der Waals surface area contributed by atoms with Crippen molar-refractivity contribution in [1.29, 1.82) is 0 Å². The lowest BCUT2D eigenvalue weighted by Crippen LogP contribution is -2.58. The largest absolute Gasteiger partial charge is 0.497 e. The lowest BCUT2D eigenvalue weighted by atomic mass is 9.54. The third kappa shape index (κ3) is 3.19. The van der Waals surface area contributed by atoms with E-state index in [0.29, 0.717) is 24.4 Å². The van der Waals surface area contributed by atoms with Crippen molar-refractivity contribution in [2.45, 2.75) is 58.0 Å². The van der Waals surface area contributed by atoms with Gasteiger partial charge in [0.2, 0.25) is 0 Å². The fraction of sp³-hybridized carbons (Fsp3) is 0.682. The van der Waals surface area contributed by atoms with Gasteiger partial charge in [-0.2, -0.15) is 0 Å². The van der Waals surface area contributed by atoms with Gasteiger partial charge in [0.15, 0.2) is 0 Å². The molecule has 4 heteroatoms. The highest BCUT2D eigenvalue weighted by atomic mass is 16.5. The highest BCUT2D eigenvalue weighted by Gasteiger charge is 2.48. The quantitative estimate of drug-likeness (QED) is 0.837. The number of methoxy groups -OCH3 is 1. The normalized spacial score (nSPS) is 33.0. The highest BCUT2D eigenvalue weighted by Crippen LogP contribution is 2.53. The van der Waals surface area contributed by atoms with E-state index >= 15 is 0 Å². The van der Waals surface area contributed by atoms with Gasteiger partial charge in [-0.1, -0.05) is 12.1 Å². The van der Waals surface area contributed by atoms with Crippen LogP contribution >= 0.6 is 0 Å². The molecule has 142 valence electrons. The molecular weight excluding hydrogens is 324 g/mol. The summed E-state index contributed by atoms with van der Waals surface area (Å²) in [5.74, 6) is 4.13. The molecule has 4 bridgehead atoms. The van der Waals surface area contributed by atoms with Gasteiger partial charge in [-0.05, 0) is 87.3 Å². The summed E-state index contributed by atoms with van der Waals surface area (Å²) in [4.78, 5) is 15.1. The minimum absolute atomic E-state index is 0.0342. The summed E-state index contributed by atoms with van der Waals surface area (Å²) in [7, 11) is 1.68. The number of benzene rings is 1. The highest BCUT2D eigenvalue weighted by molar-refractivity contribution is 5.75. The molecule has 4 aliphatic rings. The molecule has 0 aliphatic heterocycles. The van der Waals surface area contributed by atoms with Crippen LogP contribution in [0.25, 0.3) is 0 Å². The van der Waals surface area contributed by atoms with E-state index in [2.05, 4.69) is 25.2 Å². The number of amides is 2. The molecule has 1 N–H and O–H groups in total. The molecule has 0 saturated heterocycles. The molecule has 2 amide bonds. The van der Waals surface area contributed by atoms with E-state index < -0.39 is 0 Å². The molecule has 1 unspecified atom stereocenters. The van der Waals surface area contributed by atoms with Crippen molar-refractivity contribution in [3.05, 3.63) is 29.8 Å². The van der Waals surface area contributed by atoms with E-state index in [1.54, 1.807) is 7.11 Å². The first-order chi connectivity index (χ1) is 12.6. The van der Waals surface area contributed by atoms with Crippen molar-refractivity contribution in [3.63, 3.8) is 0 Å². The average molecular weight is 357 g/mol. The van der Waals surface area contributed by atoms with E-state index in [0.717, 1.165) is 23.1 Å². The van der Waals surface area contributed by atoms with Crippen molar-refractivity contribution in [3.8, 4) is 5.75 Å². The average Bonchev–Trinajstić information content (AvgIpc) is 2.64. The molecule has 26 heavy (non-hydrogen) atoms. The lowest BCUT2D eigenvalue weighted by Gasteiger charge is -2.54. The molecule has 4 aliphatic carbocycles. The molecule has 5 rings (SSSR count). The Hall–Kier alpha value is -1.71. The van der Waals surface area contributed by atoms with Crippen LogP contribution in [0.1, 0.15) is 57.6 Å². The second kappa shape index (κ2) is 7.13. The van der Waals surface area contributed by atoms with Crippen molar-refractivity contribution in [1.82, 2.24) is 10.2 Å². The molecule has 1 aromatic rings. The number of carbonyl (C=O) groups is 1. The van der Waals surface area contributed by atoms with Crippen LogP contribution in [0.15, 0.2) is 24.3 Å². The smallest absolute Gasteiger partial charge is 0.318 e. The molecule has 0 aromatic heterocycles. The summed E-state index contributed by atoms with van der Waals surface area (Å²) in [5.41, 5.74) is 1.12. The Morgan fingerprint density at radius 2 is 1.85 bits per heavy atom. The Balaban J connectivity index is 1.45. The van der Waals surface area contributed by atoms with Gasteiger partial charge < -0.3 is 15.0 Å². The molecule has 0 heterocycles. The van der Waals surface area contributed by atoms with Gasteiger partial charge in [0, 0.05) is 12.6 Å². The van der Waals surface area contributed by atoms with Crippen LogP contribution < -0.4 is 10.1 Å². The maximum absolute atomic E-state index is 13.1. The standard InChI is InChI=1S/C22H32N2O2/c1-4-24(14(2)17-6-5-7-20(13-17)26-3)22(25)23-21-18-9-15-8-16(11-18)12-19(21)10-15/h5-7,13-16,18-19,21H,4,8-12H2,1-3H3,(H,23,25).